The van der Waals surface area contributed by atoms with Crippen LogP contribution in [0.15, 0.2) is 18.2 Å². The maximum atomic E-state index is 13.4. The summed E-state index contributed by atoms with van der Waals surface area (Å²) < 4.78 is 26.4. The molecule has 1 fully saturated rings. The minimum atomic E-state index is -1.05. The van der Waals surface area contributed by atoms with E-state index >= 15 is 0 Å². The summed E-state index contributed by atoms with van der Waals surface area (Å²) in [5.74, 6) is -4.22. The van der Waals surface area contributed by atoms with Gasteiger partial charge in [-0.15, -0.1) is 0 Å². The van der Waals surface area contributed by atoms with Crippen LogP contribution in [0.1, 0.15) is 12.8 Å². The van der Waals surface area contributed by atoms with Crippen LogP contribution in [0.5, 0.6) is 0 Å². The number of primary amides is 1. The first-order chi connectivity index (χ1) is 10.4. The second-order valence-electron chi connectivity index (χ2n) is 5.05. The number of hydrogen-bond acceptors (Lipinski definition) is 3. The molecule has 0 aromatic heterocycles. The van der Waals surface area contributed by atoms with Gasteiger partial charge in [0.2, 0.25) is 5.91 Å². The number of nitrogens with one attached hydrogen (secondary N) is 1. The highest BCUT2D eigenvalue weighted by Crippen LogP contribution is 2.18. The molecule has 0 unspecified atom stereocenters. The van der Waals surface area contributed by atoms with Crippen LogP contribution in [0.25, 0.3) is 0 Å². The van der Waals surface area contributed by atoms with E-state index in [-0.39, 0.29) is 19.0 Å². The van der Waals surface area contributed by atoms with Crippen LogP contribution < -0.4 is 11.1 Å². The topological polar surface area (TPSA) is 92.5 Å². The molecule has 1 saturated heterocycles. The highest BCUT2D eigenvalue weighted by Gasteiger charge is 2.29. The SMILES string of the molecule is NC(=O)C1CCN(C(=O)C(=O)Nc2cc(F)ccc2F)CC1. The van der Waals surface area contributed by atoms with E-state index in [9.17, 15) is 23.2 Å². The molecular weight excluding hydrogens is 296 g/mol. The van der Waals surface area contributed by atoms with Crippen LogP contribution in [0.3, 0.4) is 0 Å². The average Bonchev–Trinajstić information content (AvgIpc) is 2.50. The quantitative estimate of drug-likeness (QED) is 0.785. The van der Waals surface area contributed by atoms with E-state index in [1.165, 1.54) is 4.90 Å². The maximum absolute atomic E-state index is 13.4. The van der Waals surface area contributed by atoms with Crippen LogP contribution in [-0.4, -0.2) is 35.7 Å². The third-order valence-corrected chi connectivity index (χ3v) is 3.56. The zero-order chi connectivity index (χ0) is 16.3. The number of piperidine rings is 1. The molecule has 1 aliphatic heterocycles. The average molecular weight is 311 g/mol. The summed E-state index contributed by atoms with van der Waals surface area (Å²) in [5.41, 5.74) is 4.78. The lowest BCUT2D eigenvalue weighted by Crippen LogP contribution is -2.46. The van der Waals surface area contributed by atoms with Gasteiger partial charge in [0, 0.05) is 25.1 Å². The number of halogens is 2. The number of likely N-dealkylation sites (tertiary alicyclic amines) is 1. The van der Waals surface area contributed by atoms with Gasteiger partial charge in [-0.3, -0.25) is 14.4 Å². The molecule has 1 heterocycles. The first-order valence-electron chi connectivity index (χ1n) is 6.73. The van der Waals surface area contributed by atoms with Gasteiger partial charge in [0.15, 0.2) is 0 Å². The van der Waals surface area contributed by atoms with Crippen LogP contribution in [0, 0.1) is 17.6 Å². The Morgan fingerprint density at radius 1 is 1.18 bits per heavy atom. The molecule has 0 saturated carbocycles. The van der Waals surface area contributed by atoms with Gasteiger partial charge in [-0.25, -0.2) is 8.78 Å². The Bertz CT molecular complexity index is 613. The molecule has 3 amide bonds. The Morgan fingerprint density at radius 2 is 1.82 bits per heavy atom. The summed E-state index contributed by atoms with van der Waals surface area (Å²) >= 11 is 0. The molecule has 118 valence electrons. The molecular formula is C14H15F2N3O3. The molecule has 1 aromatic rings. The smallest absolute Gasteiger partial charge is 0.313 e. The number of hydrogen-bond donors (Lipinski definition) is 2. The predicted octanol–water partition coefficient (Wildman–Crippen LogP) is 0.627. The van der Waals surface area contributed by atoms with Crippen molar-refractivity contribution in [1.82, 2.24) is 4.90 Å². The molecule has 1 aliphatic rings. The van der Waals surface area contributed by atoms with E-state index in [1.807, 2.05) is 5.32 Å². The third-order valence-electron chi connectivity index (χ3n) is 3.56. The number of benzene rings is 1. The van der Waals surface area contributed by atoms with E-state index in [2.05, 4.69) is 0 Å². The van der Waals surface area contributed by atoms with Crippen LogP contribution in [-0.2, 0) is 14.4 Å². The molecule has 6 nitrogen and oxygen atoms in total. The molecule has 2 rings (SSSR count). The number of amides is 3. The lowest BCUT2D eigenvalue weighted by atomic mass is 9.96. The monoisotopic (exact) mass is 311 g/mol. The number of carbonyl (C=O) groups excluding carboxylic acids is 3. The van der Waals surface area contributed by atoms with E-state index in [0.29, 0.717) is 12.8 Å². The summed E-state index contributed by atoms with van der Waals surface area (Å²) in [5, 5.41) is 2.05. The standard InChI is InChI=1S/C14H15F2N3O3/c15-9-1-2-10(16)11(7-9)18-13(21)14(22)19-5-3-8(4-6-19)12(17)20/h1-2,7-8H,3-6H2,(H2,17,20)(H,18,21). The van der Waals surface area contributed by atoms with Crippen molar-refractivity contribution in [2.75, 3.05) is 18.4 Å². The van der Waals surface area contributed by atoms with Crippen molar-refractivity contribution in [1.29, 1.82) is 0 Å². The van der Waals surface area contributed by atoms with Crippen molar-refractivity contribution < 1.29 is 23.2 Å². The van der Waals surface area contributed by atoms with Crippen LogP contribution in [0.2, 0.25) is 0 Å². The number of nitrogens with two attached hydrogens (primary N) is 1. The normalized spacial score (nSPS) is 15.5. The number of carbonyl (C=O) groups is 3. The lowest BCUT2D eigenvalue weighted by Gasteiger charge is -2.29. The second kappa shape index (κ2) is 6.50. The van der Waals surface area contributed by atoms with E-state index < -0.39 is 35.0 Å². The van der Waals surface area contributed by atoms with Gasteiger partial charge in [0.1, 0.15) is 11.6 Å². The highest BCUT2D eigenvalue weighted by molar-refractivity contribution is 6.39. The minimum Gasteiger partial charge on any atom is -0.369 e. The molecule has 0 radical (unpaired) electrons. The van der Waals surface area contributed by atoms with Crippen LogP contribution in [0.4, 0.5) is 14.5 Å². The predicted molar refractivity (Wildman–Crippen MR) is 73.5 cm³/mol. The Morgan fingerprint density at radius 3 is 2.41 bits per heavy atom. The van der Waals surface area contributed by atoms with Gasteiger partial charge >= 0.3 is 11.8 Å². The Labute approximate surface area is 125 Å². The summed E-state index contributed by atoms with van der Waals surface area (Å²) in [6.07, 6.45) is 0.755. The Balaban J connectivity index is 1.97. The summed E-state index contributed by atoms with van der Waals surface area (Å²) in [6, 6.07) is 2.55. The van der Waals surface area contributed by atoms with E-state index in [4.69, 9.17) is 5.73 Å². The van der Waals surface area contributed by atoms with Crippen molar-refractivity contribution in [3.8, 4) is 0 Å². The van der Waals surface area contributed by atoms with Crippen molar-refractivity contribution in [3.05, 3.63) is 29.8 Å². The van der Waals surface area contributed by atoms with Gasteiger partial charge in [-0.05, 0) is 25.0 Å². The van der Waals surface area contributed by atoms with Gasteiger partial charge in [-0.2, -0.15) is 0 Å². The second-order valence-corrected chi connectivity index (χ2v) is 5.05. The zero-order valence-electron chi connectivity index (χ0n) is 11.6. The van der Waals surface area contributed by atoms with Gasteiger partial charge in [0.25, 0.3) is 0 Å². The molecule has 0 atom stereocenters. The molecule has 0 bridgehead atoms. The van der Waals surface area contributed by atoms with Crippen LogP contribution >= 0.6 is 0 Å². The largest absolute Gasteiger partial charge is 0.369 e. The third kappa shape index (κ3) is 3.57. The summed E-state index contributed by atoms with van der Waals surface area (Å²) in [4.78, 5) is 36.1. The summed E-state index contributed by atoms with van der Waals surface area (Å²) in [6.45, 7) is 0.428. The molecule has 0 aliphatic carbocycles. The number of rotatable bonds is 2. The summed E-state index contributed by atoms with van der Waals surface area (Å²) in [7, 11) is 0. The first kappa shape index (κ1) is 15.9. The molecule has 0 spiro atoms. The molecule has 22 heavy (non-hydrogen) atoms. The van der Waals surface area contributed by atoms with Gasteiger partial charge in [-0.1, -0.05) is 0 Å². The van der Waals surface area contributed by atoms with Crippen molar-refractivity contribution in [2.45, 2.75) is 12.8 Å². The fraction of sp³-hybridized carbons (Fsp3) is 0.357. The van der Waals surface area contributed by atoms with Gasteiger partial charge in [0.05, 0.1) is 5.69 Å². The number of anilines is 1. The first-order valence-corrected chi connectivity index (χ1v) is 6.73. The zero-order valence-corrected chi connectivity index (χ0v) is 11.6. The lowest BCUT2D eigenvalue weighted by molar-refractivity contribution is -0.144. The van der Waals surface area contributed by atoms with Crippen molar-refractivity contribution in [3.63, 3.8) is 0 Å². The maximum Gasteiger partial charge on any atom is 0.313 e. The van der Waals surface area contributed by atoms with E-state index in [1.54, 1.807) is 0 Å². The number of nitrogens with zero attached hydrogens (tertiary/aromatic N) is 1. The van der Waals surface area contributed by atoms with Crippen molar-refractivity contribution in [2.24, 2.45) is 11.7 Å². The Kier molecular flexibility index (Phi) is 4.69. The van der Waals surface area contributed by atoms with E-state index in [0.717, 1.165) is 18.2 Å². The molecule has 1 aromatic carbocycles. The molecule has 8 heteroatoms. The van der Waals surface area contributed by atoms with Crippen molar-refractivity contribution >= 4 is 23.4 Å². The molecule has 3 N–H and O–H groups in total. The van der Waals surface area contributed by atoms with Gasteiger partial charge < -0.3 is 16.0 Å². The Hall–Kier alpha value is -2.51. The highest BCUT2D eigenvalue weighted by atomic mass is 19.1. The fourth-order valence-electron chi connectivity index (χ4n) is 2.28. The minimum absolute atomic E-state index is 0.214. The fourth-order valence-corrected chi connectivity index (χ4v) is 2.28.